The van der Waals surface area contributed by atoms with Crippen LogP contribution in [0.15, 0.2) is 41.3 Å². The highest BCUT2D eigenvalue weighted by molar-refractivity contribution is 7.91. The molecule has 2 aliphatic rings. The first-order valence-electron chi connectivity index (χ1n) is 9.86. The standard InChI is InChI=1S/C20H22ClN3O5S2/c21-16-5-3-15-11-17(6-4-14(15)10-16)31(28,29)22-18-2-1-7-23(20(18)26)12-19(25)24-8-9-30(27)13-24/h3-6,10-11,18,22H,1-2,7-9,12-13H2/t18-,30?/m0/s1. The molecule has 2 heterocycles. The summed E-state index contributed by atoms with van der Waals surface area (Å²) in [5, 5.41) is 2.09. The van der Waals surface area contributed by atoms with Gasteiger partial charge in [0.15, 0.2) is 5.88 Å². The van der Waals surface area contributed by atoms with Crippen LogP contribution in [0.1, 0.15) is 12.8 Å². The summed E-state index contributed by atoms with van der Waals surface area (Å²) < 4.78 is 39.8. The number of halogens is 1. The number of nitrogens with one attached hydrogen (secondary N) is 1. The van der Waals surface area contributed by atoms with Gasteiger partial charge in [-0.1, -0.05) is 23.7 Å². The van der Waals surface area contributed by atoms with Gasteiger partial charge in [-0.3, -0.25) is 14.5 Å². The van der Waals surface area contributed by atoms with Crippen LogP contribution < -0.4 is 4.72 Å². The Morgan fingerprint density at radius 1 is 1.19 bits per heavy atom. The van der Waals surface area contributed by atoms with Crippen LogP contribution >= 0.6 is 11.6 Å². The number of rotatable bonds is 5. The van der Waals surface area contributed by atoms with Crippen molar-refractivity contribution >= 4 is 55.4 Å². The number of amides is 2. The minimum absolute atomic E-state index is 0.0582. The smallest absolute Gasteiger partial charge is 0.245 e. The van der Waals surface area contributed by atoms with Gasteiger partial charge >= 0.3 is 0 Å². The average Bonchev–Trinajstić information content (AvgIpc) is 3.17. The van der Waals surface area contributed by atoms with Crippen LogP contribution in [0.3, 0.4) is 0 Å². The van der Waals surface area contributed by atoms with Gasteiger partial charge < -0.3 is 9.45 Å². The fraction of sp³-hybridized carbons (Fsp3) is 0.400. The topological polar surface area (TPSA) is 110 Å². The van der Waals surface area contributed by atoms with Crippen LogP contribution in [-0.4, -0.2) is 71.9 Å². The number of likely N-dealkylation sites (tertiary alicyclic amines) is 1. The summed E-state index contributed by atoms with van der Waals surface area (Å²) in [6, 6.07) is 8.92. The molecule has 2 amide bonds. The van der Waals surface area contributed by atoms with E-state index in [9.17, 15) is 22.6 Å². The molecule has 0 spiro atoms. The Bertz CT molecular complexity index is 1130. The highest BCUT2D eigenvalue weighted by atomic mass is 35.5. The minimum Gasteiger partial charge on any atom is -0.615 e. The molecule has 11 heteroatoms. The maximum atomic E-state index is 12.9. The summed E-state index contributed by atoms with van der Waals surface area (Å²) in [7, 11) is -3.94. The van der Waals surface area contributed by atoms with Crippen LogP contribution in [0.5, 0.6) is 0 Å². The van der Waals surface area contributed by atoms with Gasteiger partial charge in [0.25, 0.3) is 0 Å². The lowest BCUT2D eigenvalue weighted by molar-refractivity contribution is -0.142. The summed E-state index contributed by atoms with van der Waals surface area (Å²) in [4.78, 5) is 28.2. The number of carbonyl (C=O) groups excluding carboxylic acids is 2. The molecule has 1 N–H and O–H groups in total. The maximum absolute atomic E-state index is 12.9. The number of hydrogen-bond donors (Lipinski definition) is 1. The van der Waals surface area contributed by atoms with Gasteiger partial charge in [-0.15, -0.1) is 0 Å². The molecule has 166 valence electrons. The highest BCUT2D eigenvalue weighted by Gasteiger charge is 2.35. The average molecular weight is 484 g/mol. The third-order valence-electron chi connectivity index (χ3n) is 5.48. The second-order valence-electron chi connectivity index (χ2n) is 7.66. The quantitative estimate of drug-likeness (QED) is 0.645. The van der Waals surface area contributed by atoms with Crippen molar-refractivity contribution in [1.82, 2.24) is 14.5 Å². The van der Waals surface area contributed by atoms with Crippen LogP contribution in [0.25, 0.3) is 10.8 Å². The molecule has 1 unspecified atom stereocenters. The third-order valence-corrected chi connectivity index (χ3v) is 8.42. The van der Waals surface area contributed by atoms with Gasteiger partial charge in [-0.2, -0.15) is 4.72 Å². The van der Waals surface area contributed by atoms with Crippen molar-refractivity contribution in [2.24, 2.45) is 0 Å². The summed E-state index contributed by atoms with van der Waals surface area (Å²) in [6.07, 6.45) is 0.939. The molecule has 2 atom stereocenters. The Hall–Kier alpha value is -1.85. The molecule has 2 aliphatic heterocycles. The Labute approximate surface area is 188 Å². The molecule has 2 saturated heterocycles. The zero-order valence-corrected chi connectivity index (χ0v) is 19.0. The van der Waals surface area contributed by atoms with Crippen molar-refractivity contribution in [2.75, 3.05) is 31.3 Å². The van der Waals surface area contributed by atoms with E-state index in [1.54, 1.807) is 24.3 Å². The Morgan fingerprint density at radius 3 is 2.68 bits per heavy atom. The van der Waals surface area contributed by atoms with Crippen molar-refractivity contribution in [3.63, 3.8) is 0 Å². The zero-order chi connectivity index (χ0) is 22.2. The number of fused-ring (bicyclic) bond motifs is 1. The van der Waals surface area contributed by atoms with E-state index in [1.165, 1.54) is 21.9 Å². The highest BCUT2D eigenvalue weighted by Crippen LogP contribution is 2.23. The van der Waals surface area contributed by atoms with Crippen LogP contribution in [0, 0.1) is 0 Å². The Balaban J connectivity index is 1.45. The molecule has 4 rings (SSSR count). The van der Waals surface area contributed by atoms with E-state index in [0.29, 0.717) is 36.7 Å². The van der Waals surface area contributed by atoms with Crippen LogP contribution in [0.4, 0.5) is 0 Å². The van der Waals surface area contributed by atoms with E-state index in [1.807, 2.05) is 0 Å². The fourth-order valence-electron chi connectivity index (χ4n) is 3.80. The number of piperidine rings is 1. The molecule has 0 bridgehead atoms. The van der Waals surface area contributed by atoms with Crippen molar-refractivity contribution in [2.45, 2.75) is 23.8 Å². The van der Waals surface area contributed by atoms with E-state index >= 15 is 0 Å². The second kappa shape index (κ2) is 8.95. The summed E-state index contributed by atoms with van der Waals surface area (Å²) in [5.74, 6) is -0.0589. The number of nitrogens with zero attached hydrogens (tertiary/aromatic N) is 2. The number of benzene rings is 2. The number of hydrogen-bond acceptors (Lipinski definition) is 5. The molecular formula is C20H22ClN3O5S2. The largest absolute Gasteiger partial charge is 0.615 e. The molecular weight excluding hydrogens is 462 g/mol. The second-order valence-corrected chi connectivity index (χ2v) is 11.4. The van der Waals surface area contributed by atoms with Crippen molar-refractivity contribution < 1.29 is 22.6 Å². The Morgan fingerprint density at radius 2 is 1.94 bits per heavy atom. The minimum atomic E-state index is -3.94. The summed E-state index contributed by atoms with van der Waals surface area (Å²) in [6.45, 7) is 0.665. The van der Waals surface area contributed by atoms with E-state index in [0.717, 1.165) is 10.8 Å². The zero-order valence-electron chi connectivity index (χ0n) is 16.6. The lowest BCUT2D eigenvalue weighted by atomic mass is 10.1. The Kier molecular flexibility index (Phi) is 6.45. The monoisotopic (exact) mass is 483 g/mol. The van der Waals surface area contributed by atoms with E-state index in [4.69, 9.17) is 11.6 Å². The number of sulfonamides is 1. The van der Waals surface area contributed by atoms with Gasteiger partial charge in [0.05, 0.1) is 18.0 Å². The lowest BCUT2D eigenvalue weighted by Crippen LogP contribution is -2.54. The summed E-state index contributed by atoms with van der Waals surface area (Å²) in [5.41, 5.74) is 0. The molecule has 2 aromatic rings. The normalized spacial score (nSPS) is 22.3. The maximum Gasteiger partial charge on any atom is 0.245 e. The van der Waals surface area contributed by atoms with E-state index in [2.05, 4.69) is 4.72 Å². The predicted molar refractivity (Wildman–Crippen MR) is 118 cm³/mol. The molecule has 8 nitrogen and oxygen atoms in total. The van der Waals surface area contributed by atoms with Crippen molar-refractivity contribution in [3.05, 3.63) is 41.4 Å². The van der Waals surface area contributed by atoms with Crippen molar-refractivity contribution in [3.8, 4) is 0 Å². The van der Waals surface area contributed by atoms with Crippen molar-refractivity contribution in [1.29, 1.82) is 0 Å². The SMILES string of the molecule is O=C(CN1CCC[C@H](NS(=O)(=O)c2ccc3cc(Cl)ccc3c2)C1=O)N1CC[S+]([O-])C1. The van der Waals surface area contributed by atoms with Gasteiger partial charge in [-0.05, 0) is 59.1 Å². The first kappa shape index (κ1) is 22.3. The molecule has 0 aliphatic carbocycles. The number of carbonyl (C=O) groups is 2. The van der Waals surface area contributed by atoms with Gasteiger partial charge in [0, 0.05) is 11.6 Å². The van der Waals surface area contributed by atoms with E-state index < -0.39 is 33.1 Å². The van der Waals surface area contributed by atoms with Gasteiger partial charge in [0.2, 0.25) is 21.8 Å². The molecule has 0 aromatic heterocycles. The molecule has 0 radical (unpaired) electrons. The fourth-order valence-corrected chi connectivity index (χ4v) is 6.41. The first-order chi connectivity index (χ1) is 14.7. The molecule has 2 fully saturated rings. The van der Waals surface area contributed by atoms with Crippen LogP contribution in [-0.2, 0) is 30.8 Å². The molecule has 2 aromatic carbocycles. The van der Waals surface area contributed by atoms with E-state index in [-0.39, 0.29) is 23.2 Å². The summed E-state index contributed by atoms with van der Waals surface area (Å²) >= 11 is 4.94. The van der Waals surface area contributed by atoms with Gasteiger partial charge in [-0.25, -0.2) is 8.42 Å². The first-order valence-corrected chi connectivity index (χ1v) is 13.2. The molecule has 31 heavy (non-hydrogen) atoms. The third kappa shape index (κ3) is 4.98. The van der Waals surface area contributed by atoms with Gasteiger partial charge in [0.1, 0.15) is 11.8 Å². The molecule has 0 saturated carbocycles. The lowest BCUT2D eigenvalue weighted by Gasteiger charge is -2.32. The predicted octanol–water partition coefficient (Wildman–Crippen LogP) is 1.31. The van der Waals surface area contributed by atoms with Crippen LogP contribution in [0.2, 0.25) is 5.02 Å².